The number of ether oxygens (including phenoxy) is 2. The molecule has 0 unspecified atom stereocenters. The van der Waals surface area contributed by atoms with Gasteiger partial charge in [0.1, 0.15) is 23.7 Å². The van der Waals surface area contributed by atoms with Crippen LogP contribution in [0.3, 0.4) is 0 Å². The molecule has 0 aliphatic carbocycles. The van der Waals surface area contributed by atoms with E-state index >= 15 is 0 Å². The molecule has 0 saturated heterocycles. The zero-order valence-corrected chi connectivity index (χ0v) is 12.5. The molecule has 1 aliphatic rings. The van der Waals surface area contributed by atoms with Gasteiger partial charge in [0.2, 0.25) is 0 Å². The Morgan fingerprint density at radius 2 is 2.32 bits per heavy atom. The highest BCUT2D eigenvalue weighted by molar-refractivity contribution is 5.90. The molecular formula is C18H16N2O2. The number of hydrogen-bond donors (Lipinski definition) is 0. The molecule has 0 bridgehead atoms. The number of nitriles is 1. The molecule has 0 fully saturated rings. The third-order valence-electron chi connectivity index (χ3n) is 3.59. The second-order valence-electron chi connectivity index (χ2n) is 5.22. The van der Waals surface area contributed by atoms with Crippen LogP contribution < -0.4 is 9.47 Å². The van der Waals surface area contributed by atoms with Gasteiger partial charge in [-0.15, -0.1) is 0 Å². The Kier molecular flexibility index (Phi) is 3.80. The Labute approximate surface area is 129 Å². The Morgan fingerprint density at radius 1 is 1.45 bits per heavy atom. The molecule has 1 aromatic carbocycles. The second-order valence-corrected chi connectivity index (χ2v) is 5.22. The molecule has 1 aliphatic heterocycles. The van der Waals surface area contributed by atoms with E-state index < -0.39 is 0 Å². The van der Waals surface area contributed by atoms with Gasteiger partial charge in [0.15, 0.2) is 0 Å². The van der Waals surface area contributed by atoms with Crippen molar-refractivity contribution in [3.63, 3.8) is 0 Å². The maximum Gasteiger partial charge on any atom is 0.130 e. The van der Waals surface area contributed by atoms with Gasteiger partial charge >= 0.3 is 0 Å². The molecule has 0 spiro atoms. The lowest BCUT2D eigenvalue weighted by Gasteiger charge is -2.09. The molecule has 0 radical (unpaired) electrons. The van der Waals surface area contributed by atoms with Crippen molar-refractivity contribution in [3.8, 4) is 17.6 Å². The zero-order valence-electron chi connectivity index (χ0n) is 12.5. The predicted molar refractivity (Wildman–Crippen MR) is 84.5 cm³/mol. The zero-order chi connectivity index (χ0) is 15.5. The van der Waals surface area contributed by atoms with Crippen LogP contribution in [0.2, 0.25) is 0 Å². The van der Waals surface area contributed by atoms with Gasteiger partial charge in [0.05, 0.1) is 18.4 Å². The molecule has 4 nitrogen and oxygen atoms in total. The molecule has 2 aromatic rings. The molecule has 110 valence electrons. The first-order valence-corrected chi connectivity index (χ1v) is 7.12. The summed E-state index contributed by atoms with van der Waals surface area (Å²) in [5, 5.41) is 9.44. The van der Waals surface area contributed by atoms with E-state index in [1.807, 2.05) is 43.3 Å². The minimum absolute atomic E-state index is 0.134. The molecule has 1 atom stereocenters. The minimum Gasteiger partial charge on any atom is -0.497 e. The normalized spacial score (nSPS) is 16.6. The maximum atomic E-state index is 9.44. The lowest BCUT2D eigenvalue weighted by molar-refractivity contribution is 0.254. The fraction of sp³-hybridized carbons (Fsp3) is 0.222. The third-order valence-corrected chi connectivity index (χ3v) is 3.59. The van der Waals surface area contributed by atoms with Crippen molar-refractivity contribution < 1.29 is 9.47 Å². The van der Waals surface area contributed by atoms with Crippen molar-refractivity contribution >= 4 is 11.6 Å². The highest BCUT2D eigenvalue weighted by atomic mass is 16.5. The minimum atomic E-state index is 0.134. The lowest BCUT2D eigenvalue weighted by Crippen LogP contribution is -2.05. The third kappa shape index (κ3) is 2.66. The number of pyridine rings is 1. The number of nitrogens with zero attached hydrogens (tertiary/aromatic N) is 2. The summed E-state index contributed by atoms with van der Waals surface area (Å²) in [5.41, 5.74) is 3.10. The van der Waals surface area contributed by atoms with E-state index in [9.17, 15) is 5.26 Å². The molecular weight excluding hydrogens is 276 g/mol. The highest BCUT2D eigenvalue weighted by Gasteiger charge is 2.23. The number of aromatic nitrogens is 1. The van der Waals surface area contributed by atoms with Crippen molar-refractivity contribution in [1.29, 1.82) is 5.26 Å². The van der Waals surface area contributed by atoms with E-state index in [4.69, 9.17) is 9.47 Å². The molecule has 2 heterocycles. The number of methoxy groups -OCH3 is 1. The maximum absolute atomic E-state index is 9.44. The Hall–Kier alpha value is -2.80. The van der Waals surface area contributed by atoms with Crippen LogP contribution in [0.5, 0.6) is 11.5 Å². The topological polar surface area (TPSA) is 55.1 Å². The Balaban J connectivity index is 2.10. The molecule has 4 heteroatoms. The van der Waals surface area contributed by atoms with Gasteiger partial charge < -0.3 is 9.47 Å². The number of rotatable bonds is 3. The van der Waals surface area contributed by atoms with Gasteiger partial charge in [-0.2, -0.15) is 5.26 Å². The summed E-state index contributed by atoms with van der Waals surface area (Å²) in [6, 6.07) is 11.6. The summed E-state index contributed by atoms with van der Waals surface area (Å²) in [4.78, 5) is 4.23. The van der Waals surface area contributed by atoms with Crippen LogP contribution in [0.1, 0.15) is 23.7 Å². The summed E-state index contributed by atoms with van der Waals surface area (Å²) in [6.07, 6.45) is 4.46. The molecule has 0 saturated carbocycles. The predicted octanol–water partition coefficient (Wildman–Crippen LogP) is 3.48. The van der Waals surface area contributed by atoms with E-state index in [-0.39, 0.29) is 6.10 Å². The van der Waals surface area contributed by atoms with Gasteiger partial charge in [-0.25, -0.2) is 0 Å². The van der Waals surface area contributed by atoms with Crippen molar-refractivity contribution in [2.75, 3.05) is 7.11 Å². The van der Waals surface area contributed by atoms with Gasteiger partial charge in [-0.1, -0.05) is 6.07 Å². The lowest BCUT2D eigenvalue weighted by atomic mass is 10.0. The van der Waals surface area contributed by atoms with Crippen LogP contribution in [0.4, 0.5) is 0 Å². The fourth-order valence-electron chi connectivity index (χ4n) is 2.60. The van der Waals surface area contributed by atoms with E-state index in [2.05, 4.69) is 11.1 Å². The highest BCUT2D eigenvalue weighted by Crippen LogP contribution is 2.37. The second kappa shape index (κ2) is 5.90. The average Bonchev–Trinajstić information content (AvgIpc) is 2.93. The fourth-order valence-corrected chi connectivity index (χ4v) is 2.60. The summed E-state index contributed by atoms with van der Waals surface area (Å²) < 4.78 is 11.2. The van der Waals surface area contributed by atoms with Crippen LogP contribution in [-0.4, -0.2) is 18.2 Å². The average molecular weight is 292 g/mol. The van der Waals surface area contributed by atoms with Gasteiger partial charge in [-0.3, -0.25) is 4.98 Å². The van der Waals surface area contributed by atoms with Crippen molar-refractivity contribution in [2.45, 2.75) is 19.4 Å². The van der Waals surface area contributed by atoms with E-state index in [0.29, 0.717) is 11.3 Å². The largest absolute Gasteiger partial charge is 0.497 e. The summed E-state index contributed by atoms with van der Waals surface area (Å²) >= 11 is 0. The number of fused-ring (bicyclic) bond motifs is 1. The Bertz CT molecular complexity index is 761. The van der Waals surface area contributed by atoms with E-state index in [1.165, 1.54) is 0 Å². The molecule has 1 aromatic heterocycles. The van der Waals surface area contributed by atoms with Gasteiger partial charge in [0, 0.05) is 23.7 Å². The number of allylic oxidation sites excluding steroid dienone is 1. The van der Waals surface area contributed by atoms with E-state index in [1.54, 1.807) is 13.3 Å². The molecule has 22 heavy (non-hydrogen) atoms. The van der Waals surface area contributed by atoms with Crippen LogP contribution in [0.25, 0.3) is 11.6 Å². The molecule has 0 amide bonds. The number of benzene rings is 1. The standard InChI is InChI=1S/C18H16N2O2/c1-12-7-13-9-16(21-2)10-14(18(13)22-12)8-15(11-19)17-5-3-4-6-20-17/h3-6,8-10,12H,7H2,1-2H3/b15-8-/t12-/m0/s1. The first kappa shape index (κ1) is 14.2. The van der Waals surface area contributed by atoms with Gasteiger partial charge in [0.25, 0.3) is 0 Å². The first-order valence-electron chi connectivity index (χ1n) is 7.12. The van der Waals surface area contributed by atoms with Crippen LogP contribution >= 0.6 is 0 Å². The van der Waals surface area contributed by atoms with Gasteiger partial charge in [-0.05, 0) is 37.3 Å². The molecule has 3 rings (SSSR count). The summed E-state index contributed by atoms with van der Waals surface area (Å²) in [5.74, 6) is 1.60. The van der Waals surface area contributed by atoms with Crippen molar-refractivity contribution in [2.24, 2.45) is 0 Å². The van der Waals surface area contributed by atoms with Crippen molar-refractivity contribution in [1.82, 2.24) is 4.98 Å². The first-order chi connectivity index (χ1) is 10.7. The van der Waals surface area contributed by atoms with Crippen LogP contribution in [0, 0.1) is 11.3 Å². The van der Waals surface area contributed by atoms with E-state index in [0.717, 1.165) is 29.0 Å². The van der Waals surface area contributed by atoms with Crippen LogP contribution in [0.15, 0.2) is 36.5 Å². The quantitative estimate of drug-likeness (QED) is 0.813. The Morgan fingerprint density at radius 3 is 3.00 bits per heavy atom. The molecule has 0 N–H and O–H groups in total. The summed E-state index contributed by atoms with van der Waals surface area (Å²) in [7, 11) is 1.64. The summed E-state index contributed by atoms with van der Waals surface area (Å²) in [6.45, 7) is 2.03. The number of hydrogen-bond acceptors (Lipinski definition) is 4. The van der Waals surface area contributed by atoms with Crippen molar-refractivity contribution in [3.05, 3.63) is 53.3 Å². The van der Waals surface area contributed by atoms with Crippen LogP contribution in [-0.2, 0) is 6.42 Å². The monoisotopic (exact) mass is 292 g/mol. The SMILES string of the molecule is COc1cc(/C=C(/C#N)c2ccccn2)c2c(c1)C[C@H](C)O2. The smallest absolute Gasteiger partial charge is 0.130 e.